The molecule has 3 heterocycles. The van der Waals surface area contributed by atoms with E-state index in [4.69, 9.17) is 11.6 Å². The van der Waals surface area contributed by atoms with Gasteiger partial charge < -0.3 is 5.43 Å². The summed E-state index contributed by atoms with van der Waals surface area (Å²) in [7, 11) is 0. The molecule has 0 amide bonds. The summed E-state index contributed by atoms with van der Waals surface area (Å²) < 4.78 is 1.71. The molecule has 20 heavy (non-hydrogen) atoms. The molecule has 1 aromatic carbocycles. The minimum absolute atomic E-state index is 0.407. The molecule has 0 saturated carbocycles. The molecule has 0 saturated heterocycles. The Morgan fingerprint density at radius 2 is 2.05 bits per heavy atom. The molecule has 0 radical (unpaired) electrons. The van der Waals surface area contributed by atoms with Crippen molar-refractivity contribution in [3.05, 3.63) is 59.0 Å². The number of fused-ring (bicyclic) bond motifs is 3. The van der Waals surface area contributed by atoms with Gasteiger partial charge >= 0.3 is 0 Å². The van der Waals surface area contributed by atoms with E-state index in [0.717, 1.165) is 22.5 Å². The highest BCUT2D eigenvalue weighted by Crippen LogP contribution is 2.42. The van der Waals surface area contributed by atoms with Gasteiger partial charge in [-0.25, -0.2) is 14.9 Å². The predicted molar refractivity (Wildman–Crippen MR) is 77.7 cm³/mol. The fourth-order valence-corrected chi connectivity index (χ4v) is 2.97. The number of hydrazine groups is 1. The van der Waals surface area contributed by atoms with Gasteiger partial charge in [-0.1, -0.05) is 41.9 Å². The summed E-state index contributed by atoms with van der Waals surface area (Å²) in [5.41, 5.74) is 9.78. The van der Waals surface area contributed by atoms with Crippen molar-refractivity contribution in [2.24, 2.45) is 0 Å². The molecule has 1 unspecified atom stereocenters. The van der Waals surface area contributed by atoms with Crippen LogP contribution in [-0.2, 0) is 5.54 Å². The van der Waals surface area contributed by atoms with Crippen molar-refractivity contribution < 1.29 is 0 Å². The third-order valence-corrected chi connectivity index (χ3v) is 4.05. The highest BCUT2D eigenvalue weighted by Gasteiger charge is 2.40. The Morgan fingerprint density at radius 3 is 2.85 bits per heavy atom. The average Bonchev–Trinajstić information content (AvgIpc) is 3.05. The van der Waals surface area contributed by atoms with Crippen molar-refractivity contribution in [3.8, 4) is 0 Å². The Labute approximate surface area is 120 Å². The van der Waals surface area contributed by atoms with E-state index in [1.165, 1.54) is 0 Å². The van der Waals surface area contributed by atoms with E-state index in [0.29, 0.717) is 5.15 Å². The number of hydrogen-bond acceptors (Lipinski definition) is 4. The van der Waals surface area contributed by atoms with E-state index in [1.54, 1.807) is 16.9 Å². The first-order chi connectivity index (χ1) is 9.70. The van der Waals surface area contributed by atoms with Gasteiger partial charge in [0, 0.05) is 12.4 Å². The number of rotatable bonds is 1. The molecule has 4 rings (SSSR count). The van der Waals surface area contributed by atoms with Crippen LogP contribution < -0.4 is 10.9 Å². The van der Waals surface area contributed by atoms with Crippen LogP contribution in [0.15, 0.2) is 42.7 Å². The third kappa shape index (κ3) is 1.42. The lowest BCUT2D eigenvalue weighted by Crippen LogP contribution is -2.37. The third-order valence-electron chi connectivity index (χ3n) is 3.79. The van der Waals surface area contributed by atoms with Crippen molar-refractivity contribution >= 4 is 22.9 Å². The maximum absolute atomic E-state index is 6.26. The normalized spacial score (nSPS) is 20.9. The van der Waals surface area contributed by atoms with Crippen molar-refractivity contribution in [1.29, 1.82) is 0 Å². The molecule has 2 aromatic heterocycles. The highest BCUT2D eigenvalue weighted by molar-refractivity contribution is 6.32. The molecule has 0 spiro atoms. The van der Waals surface area contributed by atoms with Crippen LogP contribution in [0.1, 0.15) is 18.1 Å². The first-order valence-corrected chi connectivity index (χ1v) is 6.70. The molecule has 5 nitrogen and oxygen atoms in total. The van der Waals surface area contributed by atoms with E-state index >= 15 is 0 Å². The van der Waals surface area contributed by atoms with Gasteiger partial charge in [0.05, 0.1) is 16.8 Å². The Hall–Kier alpha value is -2.11. The van der Waals surface area contributed by atoms with Crippen LogP contribution >= 0.6 is 11.6 Å². The number of halogens is 1. The number of aromatic nitrogens is 3. The van der Waals surface area contributed by atoms with E-state index in [9.17, 15) is 0 Å². The molecule has 6 heteroatoms. The van der Waals surface area contributed by atoms with E-state index in [2.05, 4.69) is 40.0 Å². The van der Waals surface area contributed by atoms with Crippen LogP contribution in [0.3, 0.4) is 0 Å². The van der Waals surface area contributed by atoms with Crippen LogP contribution in [0.5, 0.6) is 0 Å². The lowest BCUT2D eigenvalue weighted by Gasteiger charge is -2.25. The molecular formula is C14H12ClN5. The zero-order valence-corrected chi connectivity index (χ0v) is 11.5. The van der Waals surface area contributed by atoms with Crippen molar-refractivity contribution in [3.63, 3.8) is 0 Å². The van der Waals surface area contributed by atoms with E-state index in [1.807, 2.05) is 18.2 Å². The summed E-state index contributed by atoms with van der Waals surface area (Å²) >= 11 is 6.26. The molecule has 100 valence electrons. The van der Waals surface area contributed by atoms with E-state index < -0.39 is 5.54 Å². The topological polar surface area (TPSA) is 54.2 Å². The van der Waals surface area contributed by atoms with Crippen LogP contribution in [0.2, 0.25) is 5.15 Å². The molecule has 3 aromatic rings. The molecule has 1 atom stereocenters. The first-order valence-electron chi connectivity index (χ1n) is 6.32. The van der Waals surface area contributed by atoms with Crippen molar-refractivity contribution in [2.45, 2.75) is 12.5 Å². The van der Waals surface area contributed by atoms with Crippen LogP contribution in [-0.4, -0.2) is 14.6 Å². The number of anilines is 1. The summed E-state index contributed by atoms with van der Waals surface area (Å²) in [6, 6.07) is 10.2. The first kappa shape index (κ1) is 11.7. The fraction of sp³-hybridized carbons (Fsp3) is 0.143. The average molecular weight is 286 g/mol. The lowest BCUT2D eigenvalue weighted by atomic mass is 9.86. The lowest BCUT2D eigenvalue weighted by molar-refractivity contribution is 0.513. The van der Waals surface area contributed by atoms with Gasteiger partial charge in [0.2, 0.25) is 0 Å². The number of nitrogens with one attached hydrogen (secondary N) is 2. The zero-order valence-electron chi connectivity index (χ0n) is 10.8. The Bertz CT molecular complexity index is 798. The van der Waals surface area contributed by atoms with Crippen LogP contribution in [0.4, 0.5) is 5.69 Å². The summed E-state index contributed by atoms with van der Waals surface area (Å²) in [5, 5.41) is 4.71. The maximum Gasteiger partial charge on any atom is 0.174 e. The van der Waals surface area contributed by atoms with E-state index in [-0.39, 0.29) is 0 Å². The summed E-state index contributed by atoms with van der Waals surface area (Å²) in [6.07, 6.45) is 3.52. The van der Waals surface area contributed by atoms with Crippen molar-refractivity contribution in [2.75, 3.05) is 5.43 Å². The van der Waals surface area contributed by atoms with Gasteiger partial charge in [0.25, 0.3) is 0 Å². The SMILES string of the molecule is CC1(c2ccccc2)NNc2c(Cl)nn3ccnc3c21. The number of nitrogens with zero attached hydrogens (tertiary/aromatic N) is 3. The monoisotopic (exact) mass is 285 g/mol. The van der Waals surface area contributed by atoms with Crippen molar-refractivity contribution in [1.82, 2.24) is 20.0 Å². The van der Waals surface area contributed by atoms with Gasteiger partial charge in [0.1, 0.15) is 0 Å². The van der Waals surface area contributed by atoms with Gasteiger partial charge in [-0.2, -0.15) is 5.10 Å². The quantitative estimate of drug-likeness (QED) is 0.721. The summed E-state index contributed by atoms with van der Waals surface area (Å²) in [4.78, 5) is 4.41. The Kier molecular flexibility index (Phi) is 2.31. The van der Waals surface area contributed by atoms with Gasteiger partial charge in [-0.05, 0) is 12.5 Å². The second-order valence-corrected chi connectivity index (χ2v) is 5.34. The second-order valence-electron chi connectivity index (χ2n) is 4.98. The highest BCUT2D eigenvalue weighted by atomic mass is 35.5. The second kappa shape index (κ2) is 3.94. The Morgan fingerprint density at radius 1 is 1.25 bits per heavy atom. The molecule has 0 fully saturated rings. The fourth-order valence-electron chi connectivity index (χ4n) is 2.74. The largest absolute Gasteiger partial charge is 0.317 e. The molecular weight excluding hydrogens is 274 g/mol. The minimum atomic E-state index is -0.407. The van der Waals surface area contributed by atoms with Gasteiger partial charge in [-0.3, -0.25) is 0 Å². The summed E-state index contributed by atoms with van der Waals surface area (Å²) in [5.74, 6) is 0. The number of benzene rings is 1. The van der Waals surface area contributed by atoms with Gasteiger partial charge in [0.15, 0.2) is 10.8 Å². The summed E-state index contributed by atoms with van der Waals surface area (Å²) in [6.45, 7) is 2.10. The number of hydrogen-bond donors (Lipinski definition) is 2. The molecule has 0 aliphatic carbocycles. The maximum atomic E-state index is 6.26. The van der Waals surface area contributed by atoms with Crippen LogP contribution in [0, 0.1) is 0 Å². The molecule has 2 N–H and O–H groups in total. The minimum Gasteiger partial charge on any atom is -0.317 e. The molecule has 0 bridgehead atoms. The van der Waals surface area contributed by atoms with Crippen LogP contribution in [0.25, 0.3) is 5.65 Å². The van der Waals surface area contributed by atoms with Gasteiger partial charge in [-0.15, -0.1) is 0 Å². The zero-order chi connectivity index (χ0) is 13.7. The predicted octanol–water partition coefficient (Wildman–Crippen LogP) is 2.58. The number of imidazole rings is 1. The smallest absolute Gasteiger partial charge is 0.174 e. The Balaban J connectivity index is 2.06. The molecule has 1 aliphatic heterocycles. The standard InChI is InChI=1S/C14H12ClN5/c1-14(9-5-3-2-4-6-9)10-11(17-19-14)12(15)18-20-8-7-16-13(10)20/h2-8,17,19H,1H3. The molecule has 1 aliphatic rings.